The van der Waals surface area contributed by atoms with Crippen LogP contribution in [0.5, 0.6) is 0 Å². The van der Waals surface area contributed by atoms with Crippen molar-refractivity contribution in [3.05, 3.63) is 52.8 Å². The van der Waals surface area contributed by atoms with Crippen molar-refractivity contribution >= 4 is 11.6 Å². The molecule has 96 valence electrons. The summed E-state index contributed by atoms with van der Waals surface area (Å²) in [6.45, 7) is 2.93. The number of benzene rings is 1. The Morgan fingerprint density at radius 3 is 2.72 bits per heavy atom. The van der Waals surface area contributed by atoms with Crippen LogP contribution in [0.3, 0.4) is 0 Å². The lowest BCUT2D eigenvalue weighted by Gasteiger charge is -2.18. The molecule has 1 aromatic carbocycles. The van der Waals surface area contributed by atoms with Crippen LogP contribution in [0.4, 0.5) is 0 Å². The van der Waals surface area contributed by atoms with Crippen LogP contribution in [-0.2, 0) is 6.54 Å². The van der Waals surface area contributed by atoms with Crippen LogP contribution in [-0.4, -0.2) is 9.78 Å². The second-order valence-corrected chi connectivity index (χ2v) is 4.52. The van der Waals surface area contributed by atoms with Crippen molar-refractivity contribution in [3.63, 3.8) is 0 Å². The molecule has 4 nitrogen and oxygen atoms in total. The topological polar surface area (TPSA) is 55.9 Å². The van der Waals surface area contributed by atoms with E-state index in [1.165, 1.54) is 0 Å². The maximum Gasteiger partial charge on any atom is 0.0893 e. The van der Waals surface area contributed by atoms with Crippen molar-refractivity contribution in [1.29, 1.82) is 0 Å². The van der Waals surface area contributed by atoms with Gasteiger partial charge in [0.2, 0.25) is 0 Å². The Bertz CT molecular complexity index is 495. The Morgan fingerprint density at radius 2 is 2.11 bits per heavy atom. The molecule has 0 fully saturated rings. The molecular formula is C13H17ClN4. The number of hydrogen-bond acceptors (Lipinski definition) is 3. The van der Waals surface area contributed by atoms with Crippen LogP contribution in [0.1, 0.15) is 30.6 Å². The number of aromatic nitrogens is 2. The highest BCUT2D eigenvalue weighted by Crippen LogP contribution is 2.27. The van der Waals surface area contributed by atoms with Crippen LogP contribution < -0.4 is 11.3 Å². The quantitative estimate of drug-likeness (QED) is 0.644. The molecule has 0 aliphatic heterocycles. The number of hydrogen-bond donors (Lipinski definition) is 2. The minimum atomic E-state index is -0.146. The van der Waals surface area contributed by atoms with E-state index in [1.54, 1.807) is 6.20 Å². The molecule has 18 heavy (non-hydrogen) atoms. The molecule has 2 aromatic rings. The van der Waals surface area contributed by atoms with Gasteiger partial charge < -0.3 is 0 Å². The molecule has 0 amide bonds. The summed E-state index contributed by atoms with van der Waals surface area (Å²) in [5, 5.41) is 4.92. The first-order valence-corrected chi connectivity index (χ1v) is 6.38. The van der Waals surface area contributed by atoms with Crippen molar-refractivity contribution < 1.29 is 0 Å². The Labute approximate surface area is 112 Å². The highest BCUT2D eigenvalue weighted by atomic mass is 35.5. The molecule has 3 N–H and O–H groups in total. The van der Waals surface area contributed by atoms with E-state index in [4.69, 9.17) is 17.4 Å². The lowest BCUT2D eigenvalue weighted by atomic mass is 10.0. The third-order valence-corrected chi connectivity index (χ3v) is 3.13. The van der Waals surface area contributed by atoms with E-state index in [0.29, 0.717) is 5.02 Å². The summed E-state index contributed by atoms with van der Waals surface area (Å²) >= 11 is 6.23. The summed E-state index contributed by atoms with van der Waals surface area (Å²) in [5.74, 6) is 5.68. The minimum absolute atomic E-state index is 0.146. The molecule has 0 bridgehead atoms. The van der Waals surface area contributed by atoms with E-state index in [0.717, 1.165) is 24.2 Å². The van der Waals surface area contributed by atoms with Crippen molar-refractivity contribution in [1.82, 2.24) is 15.2 Å². The molecule has 0 saturated heterocycles. The third-order valence-electron chi connectivity index (χ3n) is 2.84. The largest absolute Gasteiger partial charge is 0.271 e. The zero-order chi connectivity index (χ0) is 13.0. The number of hydrazine groups is 1. The number of nitrogens with one attached hydrogen (secondary N) is 1. The van der Waals surface area contributed by atoms with Gasteiger partial charge in [0.1, 0.15) is 0 Å². The molecule has 1 aromatic heterocycles. The zero-order valence-corrected chi connectivity index (χ0v) is 11.1. The normalized spacial score (nSPS) is 12.6. The predicted molar refractivity (Wildman–Crippen MR) is 73.1 cm³/mol. The van der Waals surface area contributed by atoms with Crippen LogP contribution in [0, 0.1) is 0 Å². The SMILES string of the molecule is CCCn1ncc(Cl)c1C(NN)c1ccccc1. The molecule has 0 aliphatic carbocycles. The van der Waals surface area contributed by atoms with E-state index in [-0.39, 0.29) is 6.04 Å². The second-order valence-electron chi connectivity index (χ2n) is 4.11. The number of halogens is 1. The highest BCUT2D eigenvalue weighted by molar-refractivity contribution is 6.31. The third kappa shape index (κ3) is 2.56. The van der Waals surface area contributed by atoms with Gasteiger partial charge in [-0.15, -0.1) is 0 Å². The molecule has 1 unspecified atom stereocenters. The first kappa shape index (κ1) is 13.1. The maximum absolute atomic E-state index is 6.23. The van der Waals surface area contributed by atoms with Gasteiger partial charge in [-0.25, -0.2) is 5.43 Å². The van der Waals surface area contributed by atoms with E-state index in [2.05, 4.69) is 17.4 Å². The van der Waals surface area contributed by atoms with Crippen LogP contribution in [0.25, 0.3) is 0 Å². The fourth-order valence-electron chi connectivity index (χ4n) is 2.03. The number of rotatable bonds is 5. The van der Waals surface area contributed by atoms with Gasteiger partial charge in [0, 0.05) is 6.54 Å². The summed E-state index contributed by atoms with van der Waals surface area (Å²) in [6.07, 6.45) is 2.66. The van der Waals surface area contributed by atoms with E-state index in [9.17, 15) is 0 Å². The van der Waals surface area contributed by atoms with Gasteiger partial charge in [-0.3, -0.25) is 10.5 Å². The fraction of sp³-hybridized carbons (Fsp3) is 0.308. The fourth-order valence-corrected chi connectivity index (χ4v) is 2.28. The highest BCUT2D eigenvalue weighted by Gasteiger charge is 2.20. The van der Waals surface area contributed by atoms with E-state index in [1.807, 2.05) is 35.0 Å². The summed E-state index contributed by atoms with van der Waals surface area (Å²) in [5.41, 5.74) is 4.79. The molecule has 5 heteroatoms. The average Bonchev–Trinajstić information content (AvgIpc) is 2.75. The first-order chi connectivity index (χ1) is 8.77. The van der Waals surface area contributed by atoms with Crippen LogP contribution >= 0.6 is 11.6 Å². The molecular weight excluding hydrogens is 248 g/mol. The smallest absolute Gasteiger partial charge is 0.0893 e. The summed E-state index contributed by atoms with van der Waals surface area (Å²) in [7, 11) is 0. The Hall–Kier alpha value is -1.36. The average molecular weight is 265 g/mol. The predicted octanol–water partition coefficient (Wildman–Crippen LogP) is 2.50. The van der Waals surface area contributed by atoms with Gasteiger partial charge in [-0.2, -0.15) is 5.10 Å². The molecule has 1 atom stereocenters. The van der Waals surface area contributed by atoms with Crippen molar-refractivity contribution in [2.24, 2.45) is 5.84 Å². The standard InChI is InChI=1S/C13H17ClN4/c1-2-8-18-13(11(14)9-16-18)12(17-15)10-6-4-3-5-7-10/h3-7,9,12,17H,2,8,15H2,1H3. The van der Waals surface area contributed by atoms with Gasteiger partial charge in [0.15, 0.2) is 0 Å². The van der Waals surface area contributed by atoms with Gasteiger partial charge in [-0.1, -0.05) is 48.9 Å². The molecule has 0 radical (unpaired) electrons. The first-order valence-electron chi connectivity index (χ1n) is 6.00. The van der Waals surface area contributed by atoms with Gasteiger partial charge in [0.05, 0.1) is 23.0 Å². The lowest BCUT2D eigenvalue weighted by Crippen LogP contribution is -2.31. The minimum Gasteiger partial charge on any atom is -0.271 e. The Morgan fingerprint density at radius 1 is 1.39 bits per heavy atom. The Balaban J connectivity index is 2.41. The van der Waals surface area contributed by atoms with Crippen molar-refractivity contribution in [3.8, 4) is 0 Å². The number of nitrogens with zero attached hydrogens (tertiary/aromatic N) is 2. The molecule has 0 spiro atoms. The summed E-state index contributed by atoms with van der Waals surface area (Å²) in [6, 6.07) is 9.83. The molecule has 0 saturated carbocycles. The van der Waals surface area contributed by atoms with Gasteiger partial charge >= 0.3 is 0 Å². The molecule has 1 heterocycles. The summed E-state index contributed by atoms with van der Waals surface area (Å²) < 4.78 is 1.90. The lowest BCUT2D eigenvalue weighted by molar-refractivity contribution is 0.521. The maximum atomic E-state index is 6.23. The van der Waals surface area contributed by atoms with E-state index < -0.39 is 0 Å². The number of nitrogens with two attached hydrogens (primary N) is 1. The molecule has 2 rings (SSSR count). The van der Waals surface area contributed by atoms with Gasteiger partial charge in [-0.05, 0) is 12.0 Å². The zero-order valence-electron chi connectivity index (χ0n) is 10.3. The van der Waals surface area contributed by atoms with Crippen molar-refractivity contribution in [2.45, 2.75) is 25.9 Å². The summed E-state index contributed by atoms with van der Waals surface area (Å²) in [4.78, 5) is 0. The molecule has 0 aliphatic rings. The van der Waals surface area contributed by atoms with Crippen LogP contribution in [0.2, 0.25) is 5.02 Å². The monoisotopic (exact) mass is 264 g/mol. The second kappa shape index (κ2) is 6.00. The van der Waals surface area contributed by atoms with Crippen LogP contribution in [0.15, 0.2) is 36.5 Å². The van der Waals surface area contributed by atoms with Gasteiger partial charge in [0.25, 0.3) is 0 Å². The Kier molecular flexibility index (Phi) is 4.36. The van der Waals surface area contributed by atoms with E-state index >= 15 is 0 Å². The van der Waals surface area contributed by atoms with Crippen molar-refractivity contribution in [2.75, 3.05) is 0 Å². The number of aryl methyl sites for hydroxylation is 1.